The Kier molecular flexibility index (Phi) is 18.2. The van der Waals surface area contributed by atoms with Gasteiger partial charge in [-0.15, -0.1) is 0 Å². The van der Waals surface area contributed by atoms with Gasteiger partial charge in [0, 0.05) is 30.9 Å². The largest absolute Gasteiger partial charge is 0.481 e. The van der Waals surface area contributed by atoms with Crippen LogP contribution in [0.15, 0.2) is 61.1 Å². The minimum absolute atomic E-state index is 0.0943. The summed E-state index contributed by atoms with van der Waals surface area (Å²) in [5.41, 5.74) is 8.89. The van der Waals surface area contributed by atoms with E-state index in [4.69, 9.17) is 15.0 Å². The number of rotatable bonds is 24. The summed E-state index contributed by atoms with van der Waals surface area (Å²) in [7, 11) is 0.552. The third-order valence-electron chi connectivity index (χ3n) is 14.9. The van der Waals surface area contributed by atoms with Crippen LogP contribution in [0.3, 0.4) is 0 Å². The number of nitrogens with one attached hydrogen (secondary N) is 7. The molecular weight excluding hydrogens is 939 g/mol. The van der Waals surface area contributed by atoms with Gasteiger partial charge in [0.1, 0.15) is 30.2 Å². The smallest absolute Gasteiger partial charge is 0.404 e. The molecule has 21 nitrogen and oxygen atoms in total. The lowest BCUT2D eigenvalue weighted by atomic mass is 9.43. The molecule has 3 aliphatic carbocycles. The van der Waals surface area contributed by atoms with Crippen molar-refractivity contribution in [2.45, 2.75) is 141 Å². The van der Waals surface area contributed by atoms with Gasteiger partial charge in [0.15, 0.2) is 0 Å². The van der Waals surface area contributed by atoms with Crippen molar-refractivity contribution in [1.29, 1.82) is 0 Å². The predicted molar refractivity (Wildman–Crippen MR) is 269 cm³/mol. The topological polar surface area (TPSA) is 305 Å². The number of amides is 8. The molecule has 4 aliphatic rings. The van der Waals surface area contributed by atoms with Crippen LogP contribution in [-0.4, -0.2) is 142 Å². The van der Waals surface area contributed by atoms with Crippen LogP contribution in [0.25, 0.3) is 11.1 Å². The Bertz CT molecular complexity index is 2480. The van der Waals surface area contributed by atoms with Gasteiger partial charge in [0.2, 0.25) is 41.4 Å². The number of hydrogen-bond donors (Lipinski definition) is 9. The van der Waals surface area contributed by atoms with Crippen molar-refractivity contribution in [2.75, 3.05) is 20.2 Å². The number of aliphatic hydroxyl groups is 1. The maximum Gasteiger partial charge on any atom is 0.481 e. The maximum atomic E-state index is 13.9. The molecule has 4 fully saturated rings. The Morgan fingerprint density at radius 2 is 1.47 bits per heavy atom. The molecule has 0 radical (unpaired) electrons. The molecule has 1 aliphatic heterocycles. The number of hydrogen-bond acceptors (Lipinski definition) is 12. The van der Waals surface area contributed by atoms with E-state index in [0.717, 1.165) is 48.1 Å². The number of imidazole rings is 1. The second-order valence-corrected chi connectivity index (χ2v) is 20.4. The van der Waals surface area contributed by atoms with Crippen LogP contribution < -0.4 is 37.6 Å². The van der Waals surface area contributed by atoms with Crippen LogP contribution in [0.1, 0.15) is 102 Å². The number of nitrogens with zero attached hydrogens (tertiary/aromatic N) is 2. The minimum atomic E-state index is -1.42. The van der Waals surface area contributed by atoms with E-state index < -0.39 is 116 Å². The molecule has 1 saturated heterocycles. The molecule has 73 heavy (non-hydrogen) atoms. The van der Waals surface area contributed by atoms with Gasteiger partial charge in [-0.2, -0.15) is 0 Å². The van der Waals surface area contributed by atoms with E-state index in [2.05, 4.69) is 74.8 Å². The Morgan fingerprint density at radius 3 is 2.07 bits per heavy atom. The van der Waals surface area contributed by atoms with Crippen LogP contribution in [0.5, 0.6) is 0 Å². The standard InChI is InChI=1S/C51H71BN10O11/c1-9-10-11-31-12-14-32(15-13-31)33-16-18-34(19-17-33)46(68)61-38(26-63)48(70)57-28(2)44(66)55-25-43(65)62(8)39(22-36-24-54-27-56-36)49(71)58-29(3)45(67)60-37(23-42(53)64)47(69)59-30(4)52-72-41-21-35-20-40(50(35,5)6)51(41,7)73-52/h12-19,24,27-30,35,37-41,63H,9-11,20-23,25-26H2,1-8H3,(H2,53,64)(H,54,56)(H,55,66)(H,57,70)(H,58,71)(H,59,69)(H,60,67)(H,61,68)/t28-,29+,30+,35+,37+,38-,39+,40+,41?,51+/m1/s1. The average molecular weight is 1010 g/mol. The fraction of sp³-hybridized carbons (Fsp3) is 0.549. The van der Waals surface area contributed by atoms with Gasteiger partial charge < -0.3 is 61.9 Å². The number of carbonyl (C=O) groups excluding carboxylic acids is 8. The number of likely N-dealkylation sites (N-methyl/N-ethyl adjacent to an activating group) is 1. The Morgan fingerprint density at radius 1 is 0.836 bits per heavy atom. The summed E-state index contributed by atoms with van der Waals surface area (Å²) in [6.07, 6.45) is 7.15. The van der Waals surface area contributed by atoms with E-state index in [9.17, 15) is 43.5 Å². The van der Waals surface area contributed by atoms with E-state index in [1.54, 1.807) is 31.2 Å². The molecule has 2 bridgehead atoms. The highest BCUT2D eigenvalue weighted by molar-refractivity contribution is 6.47. The van der Waals surface area contributed by atoms with Gasteiger partial charge >= 0.3 is 7.12 Å². The first-order valence-electron chi connectivity index (χ1n) is 25.0. The van der Waals surface area contributed by atoms with Crippen molar-refractivity contribution in [1.82, 2.24) is 46.8 Å². The van der Waals surface area contributed by atoms with E-state index >= 15 is 0 Å². The van der Waals surface area contributed by atoms with Gasteiger partial charge in [-0.25, -0.2) is 4.98 Å². The highest BCUT2D eigenvalue weighted by Crippen LogP contribution is 2.65. The molecular formula is C51H71BN10O11. The second kappa shape index (κ2) is 23.9. The second-order valence-electron chi connectivity index (χ2n) is 20.4. The zero-order valence-corrected chi connectivity index (χ0v) is 42.9. The molecule has 3 saturated carbocycles. The summed E-state index contributed by atoms with van der Waals surface area (Å²) in [4.78, 5) is 114. The number of benzene rings is 2. The molecule has 0 spiro atoms. The molecule has 2 aromatic carbocycles. The molecule has 22 heteroatoms. The van der Waals surface area contributed by atoms with Crippen LogP contribution in [-0.2, 0) is 55.7 Å². The van der Waals surface area contributed by atoms with Crippen LogP contribution in [0.4, 0.5) is 0 Å². The number of aryl methyl sites for hydroxylation is 1. The number of primary amides is 1. The number of carbonyl (C=O) groups is 8. The molecule has 3 aromatic rings. The van der Waals surface area contributed by atoms with Crippen molar-refractivity contribution in [2.24, 2.45) is 23.0 Å². The molecule has 10 atom stereocenters. The summed E-state index contributed by atoms with van der Waals surface area (Å²) in [5, 5.41) is 25.2. The van der Waals surface area contributed by atoms with Crippen molar-refractivity contribution in [3.63, 3.8) is 0 Å². The van der Waals surface area contributed by atoms with E-state index in [0.29, 0.717) is 17.5 Å². The van der Waals surface area contributed by atoms with Crippen LogP contribution >= 0.6 is 0 Å². The first-order valence-corrected chi connectivity index (χ1v) is 25.0. The highest BCUT2D eigenvalue weighted by atomic mass is 16.7. The van der Waals surface area contributed by atoms with Crippen molar-refractivity contribution in [3.8, 4) is 11.1 Å². The third kappa shape index (κ3) is 13.3. The Balaban J connectivity index is 0.984. The van der Waals surface area contributed by atoms with Gasteiger partial charge in [0.05, 0.1) is 43.5 Å². The van der Waals surface area contributed by atoms with Gasteiger partial charge in [-0.3, -0.25) is 38.4 Å². The Labute approximate surface area is 426 Å². The molecule has 394 valence electrons. The van der Waals surface area contributed by atoms with Gasteiger partial charge in [-0.1, -0.05) is 63.6 Å². The SMILES string of the molecule is CCCCc1ccc(-c2ccc(C(=O)N[C@H](CO)C(=O)N[C@H](C)C(=O)NCC(=O)N(C)[C@@H](Cc3cnc[nH]3)C(=O)N[C@@H](C)C(=O)N[C@@H](CC(N)=O)C(=O)N[C@@H](C)B3OC4C[C@@H]5C[C@@H](C5(C)C)[C@]4(C)O3)cc2)cc1. The fourth-order valence-electron chi connectivity index (χ4n) is 10.1. The van der Waals surface area contributed by atoms with Crippen LogP contribution in [0, 0.1) is 17.3 Å². The van der Waals surface area contributed by atoms with Crippen molar-refractivity contribution >= 4 is 54.4 Å². The third-order valence-corrected chi connectivity index (χ3v) is 14.9. The number of aromatic nitrogens is 2. The molecule has 10 N–H and O–H groups in total. The summed E-state index contributed by atoms with van der Waals surface area (Å²) in [5.74, 6) is -6.03. The summed E-state index contributed by atoms with van der Waals surface area (Å²) in [6.45, 7) is 11.7. The first-order chi connectivity index (χ1) is 34.6. The monoisotopic (exact) mass is 1010 g/mol. The number of aromatic amines is 1. The number of nitrogens with two attached hydrogens (primary N) is 1. The summed E-state index contributed by atoms with van der Waals surface area (Å²) in [6, 6.07) is 8.37. The number of unbranched alkanes of at least 4 members (excludes halogenated alkanes) is 1. The maximum absolute atomic E-state index is 13.9. The van der Waals surface area contributed by atoms with E-state index in [1.165, 1.54) is 39.0 Å². The minimum Gasteiger partial charge on any atom is -0.404 e. The van der Waals surface area contributed by atoms with E-state index in [-0.39, 0.29) is 23.5 Å². The highest BCUT2D eigenvalue weighted by Gasteiger charge is 2.68. The van der Waals surface area contributed by atoms with Crippen LogP contribution in [0.2, 0.25) is 0 Å². The van der Waals surface area contributed by atoms with Crippen molar-refractivity contribution < 1.29 is 52.8 Å². The lowest BCUT2D eigenvalue weighted by Crippen LogP contribution is -2.65. The lowest BCUT2D eigenvalue weighted by molar-refractivity contribution is -0.199. The molecule has 8 amide bonds. The van der Waals surface area contributed by atoms with Gasteiger partial charge in [0.25, 0.3) is 5.91 Å². The fourth-order valence-corrected chi connectivity index (χ4v) is 10.1. The number of aliphatic hydroxyl groups excluding tert-OH is 1. The average Bonchev–Trinajstić information content (AvgIpc) is 4.02. The zero-order chi connectivity index (χ0) is 53.4. The Hall–Kier alpha value is -6.65. The summed E-state index contributed by atoms with van der Waals surface area (Å²) >= 11 is 0. The lowest BCUT2D eigenvalue weighted by Gasteiger charge is -2.64. The molecule has 2 heterocycles. The van der Waals surface area contributed by atoms with E-state index in [1.807, 2.05) is 19.1 Å². The van der Waals surface area contributed by atoms with Gasteiger partial charge in [-0.05, 0) is 99.5 Å². The molecule has 7 rings (SSSR count). The normalized spacial score (nSPS) is 21.8. The predicted octanol–water partition coefficient (Wildman–Crippen LogP) is 0.838. The summed E-state index contributed by atoms with van der Waals surface area (Å²) < 4.78 is 12.8. The quantitative estimate of drug-likeness (QED) is 0.0565. The zero-order valence-electron chi connectivity index (χ0n) is 42.9. The molecule has 1 aromatic heterocycles. The first kappa shape index (κ1) is 55.7. The molecule has 1 unspecified atom stereocenters. The number of H-pyrrole nitrogens is 1. The van der Waals surface area contributed by atoms with Crippen molar-refractivity contribution in [3.05, 3.63) is 77.9 Å².